The van der Waals surface area contributed by atoms with Gasteiger partial charge < -0.3 is 4.90 Å². The molecule has 4 nitrogen and oxygen atoms in total. The number of rotatable bonds is 3. The first-order valence-electron chi connectivity index (χ1n) is 7.61. The molecule has 2 heterocycles. The summed E-state index contributed by atoms with van der Waals surface area (Å²) < 4.78 is 0. The Morgan fingerprint density at radius 2 is 2.22 bits per heavy atom. The molecule has 0 N–H and O–H groups in total. The van der Waals surface area contributed by atoms with Gasteiger partial charge in [-0.15, -0.1) is 0 Å². The van der Waals surface area contributed by atoms with Gasteiger partial charge in [-0.3, -0.25) is 4.79 Å². The fraction of sp³-hybridized carbons (Fsp3) is 0.278. The molecule has 1 fully saturated rings. The second-order valence-corrected chi connectivity index (χ2v) is 6.19. The maximum absolute atomic E-state index is 12.3. The molecule has 5 heteroatoms. The first kappa shape index (κ1) is 15.7. The first-order chi connectivity index (χ1) is 11.1. The van der Waals surface area contributed by atoms with Crippen LogP contribution in [-0.2, 0) is 4.79 Å². The number of aromatic nitrogens is 2. The van der Waals surface area contributed by atoms with Crippen molar-refractivity contribution in [2.45, 2.75) is 25.8 Å². The van der Waals surface area contributed by atoms with E-state index < -0.39 is 0 Å². The zero-order valence-electron chi connectivity index (χ0n) is 13.0. The van der Waals surface area contributed by atoms with Crippen LogP contribution in [-0.4, -0.2) is 27.3 Å². The van der Waals surface area contributed by atoms with Crippen molar-refractivity contribution in [2.75, 3.05) is 6.54 Å². The zero-order chi connectivity index (χ0) is 16.4. The standard InChI is InChI=1S/C18H18ClN3O/c1-12(2)18(23)22-10-4-7-16(22)15-8-9-20-17(21-15)13-5-3-6-14(19)11-13/h3,5-6,8-9,11,16H,1,4,7,10H2,2H3. The SMILES string of the molecule is C=C(C)C(=O)N1CCCC1c1ccnc(-c2cccc(Cl)c2)n1. The fourth-order valence-electron chi connectivity index (χ4n) is 2.89. The van der Waals surface area contributed by atoms with E-state index in [4.69, 9.17) is 11.6 Å². The third kappa shape index (κ3) is 3.27. The number of hydrogen-bond donors (Lipinski definition) is 0. The molecule has 23 heavy (non-hydrogen) atoms. The number of hydrogen-bond acceptors (Lipinski definition) is 3. The van der Waals surface area contributed by atoms with Crippen LogP contribution in [0.4, 0.5) is 0 Å². The van der Waals surface area contributed by atoms with E-state index in [0.29, 0.717) is 16.4 Å². The minimum absolute atomic E-state index is 0.00424. The molecule has 0 aliphatic carbocycles. The van der Waals surface area contributed by atoms with Crippen molar-refractivity contribution >= 4 is 17.5 Å². The highest BCUT2D eigenvalue weighted by molar-refractivity contribution is 6.30. The quantitative estimate of drug-likeness (QED) is 0.799. The largest absolute Gasteiger partial charge is 0.330 e. The Morgan fingerprint density at radius 1 is 1.39 bits per heavy atom. The zero-order valence-corrected chi connectivity index (χ0v) is 13.8. The van der Waals surface area contributed by atoms with Crippen molar-refractivity contribution in [2.24, 2.45) is 0 Å². The summed E-state index contributed by atoms with van der Waals surface area (Å²) in [5.74, 6) is 0.620. The van der Waals surface area contributed by atoms with Gasteiger partial charge in [-0.2, -0.15) is 0 Å². The molecule has 3 rings (SSSR count). The minimum Gasteiger partial charge on any atom is -0.330 e. The van der Waals surface area contributed by atoms with Crippen LogP contribution < -0.4 is 0 Å². The van der Waals surface area contributed by atoms with E-state index in [0.717, 1.165) is 30.6 Å². The summed E-state index contributed by atoms with van der Waals surface area (Å²) in [4.78, 5) is 23.1. The summed E-state index contributed by atoms with van der Waals surface area (Å²) in [7, 11) is 0. The van der Waals surface area contributed by atoms with E-state index in [1.54, 1.807) is 13.1 Å². The molecule has 118 valence electrons. The lowest BCUT2D eigenvalue weighted by atomic mass is 10.1. The Kier molecular flexibility index (Phi) is 4.44. The molecule has 2 aromatic rings. The van der Waals surface area contributed by atoms with Crippen LogP contribution >= 0.6 is 11.6 Å². The second-order valence-electron chi connectivity index (χ2n) is 5.75. The molecular formula is C18H18ClN3O. The number of nitrogens with zero attached hydrogens (tertiary/aromatic N) is 3. The van der Waals surface area contributed by atoms with E-state index >= 15 is 0 Å². The molecule has 0 radical (unpaired) electrons. The van der Waals surface area contributed by atoms with Crippen LogP contribution in [0.3, 0.4) is 0 Å². The molecule has 1 atom stereocenters. The first-order valence-corrected chi connectivity index (χ1v) is 7.99. The maximum Gasteiger partial charge on any atom is 0.249 e. The van der Waals surface area contributed by atoms with Gasteiger partial charge in [-0.25, -0.2) is 9.97 Å². The van der Waals surface area contributed by atoms with Crippen molar-refractivity contribution in [3.8, 4) is 11.4 Å². The van der Waals surface area contributed by atoms with E-state index in [-0.39, 0.29) is 11.9 Å². The predicted molar refractivity (Wildman–Crippen MR) is 91.0 cm³/mol. The predicted octanol–water partition coefficient (Wildman–Crippen LogP) is 4.04. The average Bonchev–Trinajstić information content (AvgIpc) is 3.03. The third-order valence-corrected chi connectivity index (χ3v) is 4.22. The van der Waals surface area contributed by atoms with E-state index in [1.807, 2.05) is 35.2 Å². The molecule has 1 saturated heterocycles. The van der Waals surface area contributed by atoms with Crippen LogP contribution in [0.25, 0.3) is 11.4 Å². The van der Waals surface area contributed by atoms with Gasteiger partial charge in [0.15, 0.2) is 5.82 Å². The minimum atomic E-state index is -0.0138. The van der Waals surface area contributed by atoms with Crippen molar-refractivity contribution in [3.63, 3.8) is 0 Å². The number of benzene rings is 1. The fourth-order valence-corrected chi connectivity index (χ4v) is 3.08. The van der Waals surface area contributed by atoms with Crippen LogP contribution in [0.5, 0.6) is 0 Å². The molecule has 1 aromatic carbocycles. The Hall–Kier alpha value is -2.20. The maximum atomic E-state index is 12.3. The number of halogens is 1. The topological polar surface area (TPSA) is 46.1 Å². The van der Waals surface area contributed by atoms with Crippen LogP contribution in [0.15, 0.2) is 48.7 Å². The van der Waals surface area contributed by atoms with Gasteiger partial charge in [-0.05, 0) is 38.0 Å². The summed E-state index contributed by atoms with van der Waals surface area (Å²) in [5, 5.41) is 0.649. The van der Waals surface area contributed by atoms with E-state index in [9.17, 15) is 4.79 Å². The Labute approximate surface area is 140 Å². The van der Waals surface area contributed by atoms with Crippen LogP contribution in [0, 0.1) is 0 Å². The molecule has 0 bridgehead atoms. The number of carbonyl (C=O) groups is 1. The van der Waals surface area contributed by atoms with Crippen molar-refractivity contribution < 1.29 is 4.79 Å². The van der Waals surface area contributed by atoms with Crippen molar-refractivity contribution in [1.29, 1.82) is 0 Å². The average molecular weight is 328 g/mol. The lowest BCUT2D eigenvalue weighted by Gasteiger charge is -2.24. The summed E-state index contributed by atoms with van der Waals surface area (Å²) in [6, 6.07) is 9.32. The highest BCUT2D eigenvalue weighted by Gasteiger charge is 2.31. The monoisotopic (exact) mass is 327 g/mol. The van der Waals surface area contributed by atoms with Crippen LogP contribution in [0.2, 0.25) is 5.02 Å². The Morgan fingerprint density at radius 3 is 2.96 bits per heavy atom. The van der Waals surface area contributed by atoms with Crippen molar-refractivity contribution in [1.82, 2.24) is 14.9 Å². The van der Waals surface area contributed by atoms with E-state index in [1.165, 1.54) is 0 Å². The summed E-state index contributed by atoms with van der Waals surface area (Å²) in [6.07, 6.45) is 3.62. The molecule has 1 aliphatic heterocycles. The van der Waals surface area contributed by atoms with E-state index in [2.05, 4.69) is 16.5 Å². The highest BCUT2D eigenvalue weighted by Crippen LogP contribution is 2.32. The Balaban J connectivity index is 1.93. The third-order valence-electron chi connectivity index (χ3n) is 3.98. The van der Waals surface area contributed by atoms with Gasteiger partial charge in [0.1, 0.15) is 0 Å². The van der Waals surface area contributed by atoms with Crippen molar-refractivity contribution in [3.05, 3.63) is 59.4 Å². The lowest BCUT2D eigenvalue weighted by Crippen LogP contribution is -2.31. The molecule has 1 unspecified atom stereocenters. The van der Waals surface area contributed by atoms with Gasteiger partial charge in [0.25, 0.3) is 0 Å². The lowest BCUT2D eigenvalue weighted by molar-refractivity contribution is -0.128. The van der Waals surface area contributed by atoms with Gasteiger partial charge >= 0.3 is 0 Å². The summed E-state index contributed by atoms with van der Waals surface area (Å²) >= 11 is 6.04. The summed E-state index contributed by atoms with van der Waals surface area (Å²) in [5.41, 5.74) is 2.29. The molecule has 1 aromatic heterocycles. The second kappa shape index (κ2) is 6.50. The Bertz CT molecular complexity index is 759. The van der Waals surface area contributed by atoms with Crippen LogP contribution in [0.1, 0.15) is 31.5 Å². The number of amides is 1. The summed E-state index contributed by atoms with van der Waals surface area (Å²) in [6.45, 7) is 6.25. The smallest absolute Gasteiger partial charge is 0.249 e. The number of likely N-dealkylation sites (tertiary alicyclic amines) is 1. The highest BCUT2D eigenvalue weighted by atomic mass is 35.5. The van der Waals surface area contributed by atoms with Gasteiger partial charge in [0.2, 0.25) is 5.91 Å². The molecule has 1 amide bonds. The normalized spacial score (nSPS) is 17.3. The van der Waals surface area contributed by atoms with Gasteiger partial charge in [0.05, 0.1) is 11.7 Å². The van der Waals surface area contributed by atoms with Gasteiger partial charge in [0, 0.05) is 28.9 Å². The molecule has 1 aliphatic rings. The molecular weight excluding hydrogens is 310 g/mol. The molecule has 0 spiro atoms. The number of carbonyl (C=O) groups excluding carboxylic acids is 1. The molecule has 0 saturated carbocycles. The van der Waals surface area contributed by atoms with Gasteiger partial charge in [-0.1, -0.05) is 30.3 Å².